The predicted molar refractivity (Wildman–Crippen MR) is 124 cm³/mol. The van der Waals surface area contributed by atoms with Gasteiger partial charge in [-0.1, -0.05) is 6.07 Å². The molecule has 7 N–H and O–H groups in total. The molecule has 1 saturated heterocycles. The number of anilines is 1. The number of amides is 1. The molecular formula is C24H32N2O7. The molecule has 1 aromatic rings. The van der Waals surface area contributed by atoms with Gasteiger partial charge in [0.15, 0.2) is 11.6 Å². The highest BCUT2D eigenvalue weighted by Gasteiger charge is 2.50. The van der Waals surface area contributed by atoms with Gasteiger partial charge in [-0.15, -0.1) is 0 Å². The van der Waals surface area contributed by atoms with Gasteiger partial charge in [0.05, 0.1) is 17.2 Å². The summed E-state index contributed by atoms with van der Waals surface area (Å²) >= 11 is 0. The van der Waals surface area contributed by atoms with Gasteiger partial charge in [0.1, 0.15) is 22.8 Å². The normalized spacial score (nSPS) is 26.9. The number of aliphatic hydroxyl groups excluding tert-OH is 2. The largest absolute Gasteiger partial charge is 0.511 e. The lowest BCUT2D eigenvalue weighted by Gasteiger charge is -2.41. The molecule has 33 heavy (non-hydrogen) atoms. The van der Waals surface area contributed by atoms with Crippen molar-refractivity contribution in [3.8, 4) is 5.75 Å². The van der Waals surface area contributed by atoms with E-state index in [0.717, 1.165) is 37.9 Å². The number of aromatic hydroxyl groups is 1. The number of allylic oxidation sites excluding steroid dienone is 2. The number of nitrogens with two attached hydrogens (primary N) is 1. The van der Waals surface area contributed by atoms with Crippen molar-refractivity contribution in [2.45, 2.75) is 38.5 Å². The molecule has 1 amide bonds. The summed E-state index contributed by atoms with van der Waals surface area (Å²) in [7, 11) is 0. The van der Waals surface area contributed by atoms with E-state index in [1.165, 1.54) is 0 Å². The number of carbonyl (C=O) groups excluding carboxylic acids is 3. The summed E-state index contributed by atoms with van der Waals surface area (Å²) in [6, 6.07) is 3.75. The highest BCUT2D eigenvalue weighted by atomic mass is 16.3. The van der Waals surface area contributed by atoms with Crippen molar-refractivity contribution in [3.63, 3.8) is 0 Å². The number of fused-ring (bicyclic) bond motifs is 3. The molecule has 0 spiro atoms. The van der Waals surface area contributed by atoms with Gasteiger partial charge in [0, 0.05) is 27.9 Å². The van der Waals surface area contributed by atoms with Crippen molar-refractivity contribution in [3.05, 3.63) is 40.2 Å². The quantitative estimate of drug-likeness (QED) is 0.488. The second-order valence-corrected chi connectivity index (χ2v) is 9.27. The van der Waals surface area contributed by atoms with E-state index in [0.29, 0.717) is 18.5 Å². The zero-order chi connectivity index (χ0) is 22.7. The van der Waals surface area contributed by atoms with Crippen molar-refractivity contribution in [2.75, 3.05) is 18.0 Å². The smallest absolute Gasteiger partial charge is 0.255 e. The fourth-order valence-electron chi connectivity index (χ4n) is 5.99. The Kier molecular flexibility index (Phi) is 5.69. The first-order valence-corrected chi connectivity index (χ1v) is 11.1. The maximum atomic E-state index is 13.4. The highest BCUT2D eigenvalue weighted by molar-refractivity contribution is 6.21. The monoisotopic (exact) mass is 460 g/mol. The lowest BCUT2D eigenvalue weighted by Crippen LogP contribution is -2.44. The Labute approximate surface area is 193 Å². The van der Waals surface area contributed by atoms with Crippen LogP contribution in [0.2, 0.25) is 0 Å². The van der Waals surface area contributed by atoms with Crippen molar-refractivity contribution in [2.24, 2.45) is 23.5 Å². The van der Waals surface area contributed by atoms with Crippen LogP contribution in [0.4, 0.5) is 5.69 Å². The van der Waals surface area contributed by atoms with E-state index in [1.807, 2.05) is 12.1 Å². The first kappa shape index (κ1) is 22.8. The standard InChI is InChI=1S/C24H26N2O6.H2O.2H2/c25-24(32)19-15(27)10-13-9-12-8-11-4-5-14(26-6-2-1-3-7-26)20(28)16(11)21(29)17(12)22(30)18(13)23(19)31;;;/h4-5,12-13,18,28-29,31H,1-3,6-10H2,(H2,25,32);1H2;2*1H. The van der Waals surface area contributed by atoms with E-state index in [1.54, 1.807) is 0 Å². The number of nitrogens with zero attached hydrogens (tertiary/aromatic N) is 1. The molecule has 1 heterocycles. The molecule has 9 heteroatoms. The Morgan fingerprint density at radius 3 is 2.42 bits per heavy atom. The molecule has 3 atom stereocenters. The zero-order valence-electron chi connectivity index (χ0n) is 18.1. The number of phenolic OH excluding ortho intramolecular Hbond substituents is 1. The van der Waals surface area contributed by atoms with E-state index in [9.17, 15) is 29.7 Å². The second-order valence-electron chi connectivity index (χ2n) is 9.27. The topological polar surface area (TPSA) is 173 Å². The molecular weight excluding hydrogens is 428 g/mol. The fraction of sp³-hybridized carbons (Fsp3) is 0.458. The average molecular weight is 461 g/mol. The van der Waals surface area contributed by atoms with E-state index in [2.05, 4.69) is 4.90 Å². The molecule has 5 rings (SSSR count). The SMILES string of the molecule is NC(=O)C1=C(O)C2C(=O)C3=C(O)c4c(ccc(N5CCCCC5)c4O)CC3CC2CC1=O.O.[HH].[HH]. The van der Waals surface area contributed by atoms with E-state index in [4.69, 9.17) is 5.73 Å². The van der Waals surface area contributed by atoms with Gasteiger partial charge in [0.25, 0.3) is 5.91 Å². The number of phenols is 1. The minimum Gasteiger partial charge on any atom is -0.511 e. The summed E-state index contributed by atoms with van der Waals surface area (Å²) in [6.45, 7) is 1.63. The van der Waals surface area contributed by atoms with E-state index < -0.39 is 40.6 Å². The summed E-state index contributed by atoms with van der Waals surface area (Å²) in [6.07, 6.45) is 4.00. The van der Waals surface area contributed by atoms with Gasteiger partial charge in [0.2, 0.25) is 0 Å². The number of benzene rings is 1. The molecule has 1 aromatic carbocycles. The summed E-state index contributed by atoms with van der Waals surface area (Å²) < 4.78 is 0. The van der Waals surface area contributed by atoms with Crippen LogP contribution in [0, 0.1) is 17.8 Å². The number of aliphatic hydroxyl groups is 2. The first-order chi connectivity index (χ1) is 15.3. The third-order valence-corrected chi connectivity index (χ3v) is 7.44. The third-order valence-electron chi connectivity index (χ3n) is 7.44. The minimum absolute atomic E-state index is 0. The van der Waals surface area contributed by atoms with Gasteiger partial charge in [-0.25, -0.2) is 0 Å². The number of carbonyl (C=O) groups is 3. The lowest BCUT2D eigenvalue weighted by molar-refractivity contribution is -0.127. The minimum atomic E-state index is -1.09. The molecule has 9 nitrogen and oxygen atoms in total. The second kappa shape index (κ2) is 8.22. The third kappa shape index (κ3) is 3.38. The van der Waals surface area contributed by atoms with Gasteiger partial charge < -0.3 is 31.4 Å². The number of Topliss-reactive ketones (excluding diaryl/α,β-unsaturated/α-hetero) is 2. The molecule has 180 valence electrons. The summed E-state index contributed by atoms with van der Waals surface area (Å²) in [5, 5.41) is 32.8. The Morgan fingerprint density at radius 2 is 1.76 bits per heavy atom. The van der Waals surface area contributed by atoms with Crippen LogP contribution in [0.25, 0.3) is 5.76 Å². The van der Waals surface area contributed by atoms with Gasteiger partial charge >= 0.3 is 0 Å². The van der Waals surface area contributed by atoms with Crippen LogP contribution in [0.5, 0.6) is 5.75 Å². The van der Waals surface area contributed by atoms with E-state index in [-0.39, 0.29) is 43.3 Å². The molecule has 0 bridgehead atoms. The number of hydrogen-bond donors (Lipinski definition) is 4. The Bertz CT molecular complexity index is 1130. The highest BCUT2D eigenvalue weighted by Crippen LogP contribution is 2.51. The van der Waals surface area contributed by atoms with Crippen LogP contribution >= 0.6 is 0 Å². The van der Waals surface area contributed by atoms with Crippen LogP contribution in [0.15, 0.2) is 29.0 Å². The maximum Gasteiger partial charge on any atom is 0.255 e. The summed E-state index contributed by atoms with van der Waals surface area (Å²) in [4.78, 5) is 39.5. The number of primary amides is 1. The molecule has 1 aliphatic heterocycles. The van der Waals surface area contributed by atoms with Crippen LogP contribution in [0.1, 0.15) is 46.1 Å². The van der Waals surface area contributed by atoms with Gasteiger partial charge in [-0.2, -0.15) is 0 Å². The van der Waals surface area contributed by atoms with E-state index >= 15 is 0 Å². The lowest BCUT2D eigenvalue weighted by atomic mass is 9.61. The molecule has 3 unspecified atom stereocenters. The van der Waals surface area contributed by atoms with Gasteiger partial charge in [-0.05, 0) is 55.6 Å². The average Bonchev–Trinajstić information content (AvgIpc) is 2.73. The van der Waals surface area contributed by atoms with Gasteiger partial charge in [-0.3, -0.25) is 14.4 Å². The molecule has 0 radical (unpaired) electrons. The van der Waals surface area contributed by atoms with Crippen LogP contribution in [-0.4, -0.2) is 51.4 Å². The van der Waals surface area contributed by atoms with Crippen LogP contribution in [-0.2, 0) is 20.8 Å². The number of ketones is 2. The number of hydrogen-bond acceptors (Lipinski definition) is 7. The first-order valence-electron chi connectivity index (χ1n) is 11.1. The van der Waals surface area contributed by atoms with Crippen molar-refractivity contribution < 1.29 is 38.0 Å². The van der Waals surface area contributed by atoms with Crippen molar-refractivity contribution in [1.82, 2.24) is 0 Å². The maximum absolute atomic E-state index is 13.4. The van der Waals surface area contributed by atoms with Crippen molar-refractivity contribution >= 4 is 28.9 Å². The molecule has 0 aromatic heterocycles. The summed E-state index contributed by atoms with van der Waals surface area (Å²) in [5.74, 6) is -4.91. The Morgan fingerprint density at radius 1 is 1.06 bits per heavy atom. The molecule has 2 fully saturated rings. The van der Waals surface area contributed by atoms with Crippen molar-refractivity contribution in [1.29, 1.82) is 0 Å². The molecule has 4 aliphatic rings. The molecule has 1 saturated carbocycles. The molecule has 3 aliphatic carbocycles. The zero-order valence-corrected chi connectivity index (χ0v) is 18.1. The van der Waals surface area contributed by atoms with Crippen LogP contribution < -0.4 is 10.6 Å². The number of rotatable bonds is 2. The Hall–Kier alpha value is -3.33. The predicted octanol–water partition coefficient (Wildman–Crippen LogP) is 1.97. The fourth-order valence-corrected chi connectivity index (χ4v) is 5.99. The number of piperidine rings is 1. The van der Waals surface area contributed by atoms with Crippen LogP contribution in [0.3, 0.4) is 0 Å². The Balaban J connectivity index is 0.00000144. The summed E-state index contributed by atoms with van der Waals surface area (Å²) in [5.41, 5.74) is 6.53.